The molecule has 108 valence electrons. The van der Waals surface area contributed by atoms with Crippen LogP contribution >= 0.6 is 27.5 Å². The molecule has 1 aromatic heterocycles. The summed E-state index contributed by atoms with van der Waals surface area (Å²) in [4.78, 5) is 0. The van der Waals surface area contributed by atoms with Crippen molar-refractivity contribution in [2.24, 2.45) is 0 Å². The lowest BCUT2D eigenvalue weighted by Crippen LogP contribution is -2.13. The van der Waals surface area contributed by atoms with Crippen LogP contribution in [0.3, 0.4) is 0 Å². The molecule has 2 aromatic rings. The van der Waals surface area contributed by atoms with E-state index in [-0.39, 0.29) is 0 Å². The molecular weight excluding hydrogens is 344 g/mol. The molecule has 5 nitrogen and oxygen atoms in total. The number of aryl methyl sites for hydroxylation is 1. The number of rotatable bonds is 6. The van der Waals surface area contributed by atoms with Gasteiger partial charge in [-0.2, -0.15) is 0 Å². The Balaban J connectivity index is 2.05. The highest BCUT2D eigenvalue weighted by atomic mass is 79.9. The summed E-state index contributed by atoms with van der Waals surface area (Å²) in [6, 6.07) is 4.10. The van der Waals surface area contributed by atoms with E-state index in [0.717, 1.165) is 28.7 Å². The van der Waals surface area contributed by atoms with Crippen LogP contribution in [0.15, 0.2) is 21.0 Å². The lowest BCUT2D eigenvalue weighted by Gasteiger charge is -2.07. The summed E-state index contributed by atoms with van der Waals surface area (Å²) < 4.78 is 6.39. The Kier molecular flexibility index (Phi) is 5.39. The molecule has 0 aliphatic rings. The molecule has 0 saturated heterocycles. The van der Waals surface area contributed by atoms with Gasteiger partial charge >= 0.3 is 6.01 Å². The molecular formula is C13H16BrClN4O. The molecule has 2 rings (SSSR count). The first kappa shape index (κ1) is 15.3. The van der Waals surface area contributed by atoms with Gasteiger partial charge in [0.05, 0.1) is 12.2 Å². The van der Waals surface area contributed by atoms with Crippen LogP contribution < -0.4 is 10.6 Å². The minimum Gasteiger partial charge on any atom is -0.406 e. The Bertz CT molecular complexity index is 588. The van der Waals surface area contributed by atoms with E-state index in [2.05, 4.69) is 43.7 Å². The maximum atomic E-state index is 6.10. The molecule has 1 aromatic carbocycles. The number of benzene rings is 1. The highest BCUT2D eigenvalue weighted by Gasteiger charge is 2.09. The topological polar surface area (TPSA) is 63.0 Å². The number of halogens is 2. The van der Waals surface area contributed by atoms with E-state index in [1.54, 1.807) is 0 Å². The van der Waals surface area contributed by atoms with Crippen molar-refractivity contribution in [2.75, 3.05) is 11.9 Å². The molecule has 20 heavy (non-hydrogen) atoms. The van der Waals surface area contributed by atoms with Gasteiger partial charge in [-0.3, -0.25) is 0 Å². The fourth-order valence-electron chi connectivity index (χ4n) is 1.60. The van der Waals surface area contributed by atoms with Crippen LogP contribution in [-0.4, -0.2) is 16.7 Å². The Hall–Kier alpha value is -1.11. The van der Waals surface area contributed by atoms with Crippen molar-refractivity contribution in [1.29, 1.82) is 0 Å². The zero-order valence-electron chi connectivity index (χ0n) is 11.3. The lowest BCUT2D eigenvalue weighted by molar-refractivity contribution is 0.479. The molecule has 0 atom stereocenters. The molecule has 0 spiro atoms. The van der Waals surface area contributed by atoms with Gasteiger partial charge in [-0.25, -0.2) is 0 Å². The highest BCUT2D eigenvalue weighted by Crippen LogP contribution is 2.30. The molecule has 0 amide bonds. The van der Waals surface area contributed by atoms with Gasteiger partial charge in [-0.15, -0.1) is 5.10 Å². The second-order valence-corrected chi connectivity index (χ2v) is 5.65. The molecule has 0 aliphatic heterocycles. The summed E-state index contributed by atoms with van der Waals surface area (Å²) in [6.07, 6.45) is 1.06. The predicted octanol–water partition coefficient (Wildman–Crippen LogP) is 4.04. The smallest absolute Gasteiger partial charge is 0.320 e. The van der Waals surface area contributed by atoms with Crippen molar-refractivity contribution in [3.8, 4) is 0 Å². The second-order valence-electron chi connectivity index (χ2n) is 4.38. The van der Waals surface area contributed by atoms with Crippen LogP contribution in [0.25, 0.3) is 0 Å². The van der Waals surface area contributed by atoms with Crippen molar-refractivity contribution in [3.05, 3.63) is 33.1 Å². The minimum absolute atomic E-state index is 0.346. The molecule has 2 N–H and O–H groups in total. The van der Waals surface area contributed by atoms with Crippen LogP contribution in [0.1, 0.15) is 24.8 Å². The van der Waals surface area contributed by atoms with Crippen molar-refractivity contribution >= 4 is 39.2 Å². The number of hydrogen-bond acceptors (Lipinski definition) is 5. The number of aromatic nitrogens is 2. The van der Waals surface area contributed by atoms with Gasteiger partial charge < -0.3 is 15.1 Å². The third kappa shape index (κ3) is 3.94. The Morgan fingerprint density at radius 3 is 2.90 bits per heavy atom. The fourth-order valence-corrected chi connectivity index (χ4v) is 2.33. The first-order valence-corrected chi connectivity index (χ1v) is 7.53. The van der Waals surface area contributed by atoms with Crippen molar-refractivity contribution in [2.45, 2.75) is 26.8 Å². The SMILES string of the molecule is CCCNCc1nnc(Nc2cc(Cl)c(C)cc2Br)o1. The second kappa shape index (κ2) is 7.06. The summed E-state index contributed by atoms with van der Waals surface area (Å²) in [5.41, 5.74) is 1.79. The van der Waals surface area contributed by atoms with Gasteiger partial charge in [-0.05, 0) is 53.5 Å². The molecule has 0 bridgehead atoms. The van der Waals surface area contributed by atoms with Gasteiger partial charge in [0.1, 0.15) is 0 Å². The molecule has 1 heterocycles. The van der Waals surface area contributed by atoms with Gasteiger partial charge in [-0.1, -0.05) is 23.6 Å². The van der Waals surface area contributed by atoms with Crippen LogP contribution in [0, 0.1) is 6.92 Å². The molecule has 7 heteroatoms. The van der Waals surface area contributed by atoms with Gasteiger partial charge in [0.2, 0.25) is 5.89 Å². The minimum atomic E-state index is 0.346. The number of nitrogens with one attached hydrogen (secondary N) is 2. The fraction of sp³-hybridized carbons (Fsp3) is 0.385. The van der Waals surface area contributed by atoms with Crippen LogP contribution in [0.2, 0.25) is 5.02 Å². The number of anilines is 2. The predicted molar refractivity (Wildman–Crippen MR) is 83.5 cm³/mol. The van der Waals surface area contributed by atoms with Crippen LogP contribution in [0.5, 0.6) is 0 Å². The maximum Gasteiger partial charge on any atom is 0.320 e. The summed E-state index contributed by atoms with van der Waals surface area (Å²) in [6.45, 7) is 5.54. The quantitative estimate of drug-likeness (QED) is 0.762. The molecule has 0 saturated carbocycles. The van der Waals surface area contributed by atoms with E-state index >= 15 is 0 Å². The first-order valence-electron chi connectivity index (χ1n) is 6.36. The largest absolute Gasteiger partial charge is 0.406 e. The van der Waals surface area contributed by atoms with E-state index in [1.807, 2.05) is 19.1 Å². The molecule has 0 radical (unpaired) electrons. The Morgan fingerprint density at radius 2 is 2.15 bits per heavy atom. The van der Waals surface area contributed by atoms with E-state index in [9.17, 15) is 0 Å². The summed E-state index contributed by atoms with van der Waals surface area (Å²) in [7, 11) is 0. The lowest BCUT2D eigenvalue weighted by atomic mass is 10.2. The zero-order chi connectivity index (χ0) is 14.5. The zero-order valence-corrected chi connectivity index (χ0v) is 13.7. The summed E-state index contributed by atoms with van der Waals surface area (Å²) in [5, 5.41) is 14.8. The number of nitrogens with zero attached hydrogens (tertiary/aromatic N) is 2. The van der Waals surface area contributed by atoms with E-state index in [1.165, 1.54) is 0 Å². The summed E-state index contributed by atoms with van der Waals surface area (Å²) >= 11 is 9.58. The van der Waals surface area contributed by atoms with Gasteiger partial charge in [0, 0.05) is 9.50 Å². The highest BCUT2D eigenvalue weighted by molar-refractivity contribution is 9.10. The average Bonchev–Trinajstić information content (AvgIpc) is 2.84. The number of hydrogen-bond donors (Lipinski definition) is 2. The van der Waals surface area contributed by atoms with Crippen LogP contribution in [-0.2, 0) is 6.54 Å². The van der Waals surface area contributed by atoms with Crippen molar-refractivity contribution in [3.63, 3.8) is 0 Å². The van der Waals surface area contributed by atoms with E-state index in [0.29, 0.717) is 23.5 Å². The third-order valence-corrected chi connectivity index (χ3v) is 3.72. The normalized spacial score (nSPS) is 10.8. The van der Waals surface area contributed by atoms with E-state index in [4.69, 9.17) is 16.0 Å². The Labute approximate surface area is 131 Å². The van der Waals surface area contributed by atoms with Crippen molar-refractivity contribution < 1.29 is 4.42 Å². The van der Waals surface area contributed by atoms with Crippen LogP contribution in [0.4, 0.5) is 11.7 Å². The van der Waals surface area contributed by atoms with Crippen molar-refractivity contribution in [1.82, 2.24) is 15.5 Å². The Morgan fingerprint density at radius 1 is 1.35 bits per heavy atom. The first-order chi connectivity index (χ1) is 9.60. The third-order valence-electron chi connectivity index (χ3n) is 2.66. The maximum absolute atomic E-state index is 6.10. The monoisotopic (exact) mass is 358 g/mol. The average molecular weight is 360 g/mol. The molecule has 0 unspecified atom stereocenters. The van der Waals surface area contributed by atoms with Gasteiger partial charge in [0.15, 0.2) is 0 Å². The van der Waals surface area contributed by atoms with E-state index < -0.39 is 0 Å². The standard InChI is InChI=1S/C13H16BrClN4O/c1-3-4-16-7-12-18-19-13(20-12)17-11-6-10(15)8(2)5-9(11)14/h5-6,16H,3-4,7H2,1-2H3,(H,17,19). The molecule has 0 fully saturated rings. The summed E-state index contributed by atoms with van der Waals surface area (Å²) in [5.74, 6) is 0.551. The molecule has 0 aliphatic carbocycles. The van der Waals surface area contributed by atoms with Gasteiger partial charge in [0.25, 0.3) is 0 Å².